The molecule has 0 saturated heterocycles. The summed E-state index contributed by atoms with van der Waals surface area (Å²) < 4.78 is 17.9. The first-order valence-electron chi connectivity index (χ1n) is 16.1. The standard InChI is InChI=1S/C37H30O18/c38-14-7-17(40)27-25(8-14)53-35(12-3-21(44)31(49)22(45)4-12)33(51)29(27)28-18(41)10-16(39)15-9-26(54-37(52)13-5-23(46)32(50)24(47)6-13)34(55-36(15)28)11-1-19(42)30(48)20(43)2-11/h1-8,10,26,29,33-35,38-51H,9H2/t26-,29?,33-,34-,35?/m1/s1. The molecule has 2 heterocycles. The van der Waals surface area contributed by atoms with Crippen LogP contribution in [0.5, 0.6) is 86.2 Å². The molecule has 0 saturated carbocycles. The molecule has 7 rings (SSSR count). The van der Waals surface area contributed by atoms with E-state index in [9.17, 15) is 76.3 Å². The van der Waals surface area contributed by atoms with Crippen LogP contribution < -0.4 is 9.47 Å². The van der Waals surface area contributed by atoms with Crippen molar-refractivity contribution >= 4 is 5.97 Å². The molecule has 5 aromatic rings. The Morgan fingerprint density at radius 2 is 1.04 bits per heavy atom. The minimum absolute atomic E-state index is 0.127. The number of ether oxygens (including phenoxy) is 3. The fourth-order valence-electron chi connectivity index (χ4n) is 6.87. The van der Waals surface area contributed by atoms with Crippen LogP contribution in [0.2, 0.25) is 0 Å². The van der Waals surface area contributed by atoms with Gasteiger partial charge in [-0.3, -0.25) is 0 Å². The number of hydrogen-bond acceptors (Lipinski definition) is 18. The Hall–Kier alpha value is -7.47. The van der Waals surface area contributed by atoms with E-state index < -0.39 is 123 Å². The number of aliphatic hydroxyl groups excluding tert-OH is 1. The summed E-state index contributed by atoms with van der Waals surface area (Å²) in [5.41, 5.74) is -1.47. The number of rotatable bonds is 5. The molecular weight excluding hydrogens is 732 g/mol. The maximum absolute atomic E-state index is 13.4. The normalized spacial score (nSPS) is 20.1. The summed E-state index contributed by atoms with van der Waals surface area (Å²) in [6.07, 6.45) is -7.05. The second-order valence-electron chi connectivity index (χ2n) is 12.9. The molecule has 14 N–H and O–H groups in total. The van der Waals surface area contributed by atoms with Gasteiger partial charge in [-0.2, -0.15) is 0 Å². The van der Waals surface area contributed by atoms with Gasteiger partial charge in [0, 0.05) is 52.4 Å². The zero-order valence-electron chi connectivity index (χ0n) is 27.7. The lowest BCUT2D eigenvalue weighted by atomic mass is 9.77. The van der Waals surface area contributed by atoms with Crippen molar-refractivity contribution in [3.05, 3.63) is 88.0 Å². The highest BCUT2D eigenvalue weighted by Gasteiger charge is 2.47. The van der Waals surface area contributed by atoms with E-state index in [-0.39, 0.29) is 39.3 Å². The topological polar surface area (TPSA) is 328 Å². The van der Waals surface area contributed by atoms with Gasteiger partial charge in [0.2, 0.25) is 0 Å². The third-order valence-corrected chi connectivity index (χ3v) is 9.40. The van der Waals surface area contributed by atoms with Gasteiger partial charge in [0.05, 0.1) is 11.5 Å². The van der Waals surface area contributed by atoms with Crippen molar-refractivity contribution in [3.8, 4) is 86.2 Å². The van der Waals surface area contributed by atoms with Crippen LogP contribution in [0.25, 0.3) is 0 Å². The molecule has 5 atom stereocenters. The second-order valence-corrected chi connectivity index (χ2v) is 12.9. The van der Waals surface area contributed by atoms with E-state index in [4.69, 9.17) is 14.2 Å². The van der Waals surface area contributed by atoms with E-state index in [0.29, 0.717) is 0 Å². The van der Waals surface area contributed by atoms with Gasteiger partial charge in [-0.1, -0.05) is 0 Å². The number of carbonyl (C=O) groups excluding carboxylic acids is 1. The molecule has 5 aromatic carbocycles. The van der Waals surface area contributed by atoms with E-state index in [2.05, 4.69) is 0 Å². The number of hydrogen-bond donors (Lipinski definition) is 14. The summed E-state index contributed by atoms with van der Waals surface area (Å²) in [4.78, 5) is 13.4. The minimum Gasteiger partial charge on any atom is -0.508 e. The monoisotopic (exact) mass is 762 g/mol. The van der Waals surface area contributed by atoms with Crippen LogP contribution in [0, 0.1) is 0 Å². The number of aliphatic hydroxyl groups is 1. The maximum atomic E-state index is 13.4. The van der Waals surface area contributed by atoms with Crippen molar-refractivity contribution in [1.82, 2.24) is 0 Å². The SMILES string of the molecule is O=C(O[C@@H]1Cc2c(O)cc(O)c(C3c4c(O)cc(O)cc4OC(c4cc(O)c(O)c(O)c4)[C@@H]3O)c2O[C@@H]1c1cc(O)c(O)c(O)c1)c1cc(O)c(O)c(O)c1. The number of esters is 1. The molecule has 18 heteroatoms. The van der Waals surface area contributed by atoms with Crippen molar-refractivity contribution < 1.29 is 90.5 Å². The maximum Gasteiger partial charge on any atom is 0.338 e. The predicted octanol–water partition coefficient (Wildman–Crippen LogP) is 3.39. The lowest BCUT2D eigenvalue weighted by Crippen LogP contribution is -2.38. The average Bonchev–Trinajstić information content (AvgIpc) is 3.11. The van der Waals surface area contributed by atoms with E-state index >= 15 is 0 Å². The third-order valence-electron chi connectivity index (χ3n) is 9.40. The number of fused-ring (bicyclic) bond motifs is 2. The number of carbonyl (C=O) groups is 1. The Kier molecular flexibility index (Phi) is 8.41. The van der Waals surface area contributed by atoms with Gasteiger partial charge < -0.3 is 85.7 Å². The predicted molar refractivity (Wildman–Crippen MR) is 181 cm³/mol. The molecule has 0 aromatic heterocycles. The van der Waals surface area contributed by atoms with Crippen molar-refractivity contribution in [2.24, 2.45) is 0 Å². The van der Waals surface area contributed by atoms with Crippen LogP contribution in [-0.4, -0.2) is 89.7 Å². The van der Waals surface area contributed by atoms with Gasteiger partial charge in [0.15, 0.2) is 64.0 Å². The molecule has 0 aliphatic carbocycles. The van der Waals surface area contributed by atoms with Gasteiger partial charge in [0.25, 0.3) is 0 Å². The Balaban J connectivity index is 1.41. The first-order chi connectivity index (χ1) is 25.9. The highest BCUT2D eigenvalue weighted by atomic mass is 16.6. The molecule has 0 fully saturated rings. The zero-order valence-corrected chi connectivity index (χ0v) is 27.7. The van der Waals surface area contributed by atoms with Crippen LogP contribution in [0.1, 0.15) is 56.3 Å². The first kappa shape index (κ1) is 35.9. The zero-order chi connectivity index (χ0) is 39.8. The molecule has 2 aliphatic heterocycles. The highest BCUT2D eigenvalue weighted by molar-refractivity contribution is 5.91. The van der Waals surface area contributed by atoms with Gasteiger partial charge in [-0.05, 0) is 36.4 Å². The van der Waals surface area contributed by atoms with Crippen LogP contribution in [0.15, 0.2) is 54.6 Å². The van der Waals surface area contributed by atoms with Crippen molar-refractivity contribution in [3.63, 3.8) is 0 Å². The summed E-state index contributed by atoms with van der Waals surface area (Å²) in [5, 5.41) is 147. The summed E-state index contributed by atoms with van der Waals surface area (Å²) in [7, 11) is 0. The number of benzene rings is 5. The summed E-state index contributed by atoms with van der Waals surface area (Å²) >= 11 is 0. The van der Waals surface area contributed by atoms with E-state index in [1.165, 1.54) is 0 Å². The van der Waals surface area contributed by atoms with Gasteiger partial charge in [-0.15, -0.1) is 0 Å². The first-order valence-corrected chi connectivity index (χ1v) is 16.1. The molecule has 286 valence electrons. The lowest BCUT2D eigenvalue weighted by Gasteiger charge is -2.40. The van der Waals surface area contributed by atoms with Gasteiger partial charge >= 0.3 is 5.97 Å². The van der Waals surface area contributed by atoms with Crippen molar-refractivity contribution in [2.45, 2.75) is 36.8 Å². The van der Waals surface area contributed by atoms with E-state index in [1.54, 1.807) is 0 Å². The van der Waals surface area contributed by atoms with Gasteiger partial charge in [0.1, 0.15) is 46.7 Å². The highest BCUT2D eigenvalue weighted by Crippen LogP contribution is 2.58. The Bertz CT molecular complexity index is 2340. The van der Waals surface area contributed by atoms with Crippen LogP contribution in [0.3, 0.4) is 0 Å². The molecule has 55 heavy (non-hydrogen) atoms. The van der Waals surface area contributed by atoms with Crippen LogP contribution in [-0.2, 0) is 11.2 Å². The quantitative estimate of drug-likeness (QED) is 0.0901. The van der Waals surface area contributed by atoms with E-state index in [1.807, 2.05) is 0 Å². The Morgan fingerprint density at radius 1 is 0.545 bits per heavy atom. The smallest absolute Gasteiger partial charge is 0.338 e. The Morgan fingerprint density at radius 3 is 1.58 bits per heavy atom. The molecule has 2 aliphatic rings. The molecule has 18 nitrogen and oxygen atoms in total. The third kappa shape index (κ3) is 5.95. The minimum atomic E-state index is -1.87. The lowest BCUT2D eigenvalue weighted by molar-refractivity contribution is -0.0211. The molecule has 0 radical (unpaired) electrons. The molecular formula is C37H30O18. The molecule has 2 unspecified atom stereocenters. The Labute approximate surface area is 307 Å². The second kappa shape index (κ2) is 12.9. The molecule has 0 spiro atoms. The summed E-state index contributed by atoms with van der Waals surface area (Å²) in [6, 6.07) is 8.21. The number of aromatic hydroxyl groups is 13. The molecule has 0 amide bonds. The van der Waals surface area contributed by atoms with E-state index in [0.717, 1.165) is 54.6 Å². The fourth-order valence-corrected chi connectivity index (χ4v) is 6.87. The average molecular weight is 763 g/mol. The van der Waals surface area contributed by atoms with Crippen molar-refractivity contribution in [1.29, 1.82) is 0 Å². The van der Waals surface area contributed by atoms with Crippen molar-refractivity contribution in [2.75, 3.05) is 0 Å². The fraction of sp³-hybridized carbons (Fsp3) is 0.162. The van der Waals surface area contributed by atoms with Crippen LogP contribution >= 0.6 is 0 Å². The summed E-state index contributed by atoms with van der Waals surface area (Å²) in [6.45, 7) is 0. The van der Waals surface area contributed by atoms with Crippen LogP contribution in [0.4, 0.5) is 0 Å². The van der Waals surface area contributed by atoms with Gasteiger partial charge in [-0.25, -0.2) is 4.79 Å². The number of phenolic OH excluding ortho intramolecular Hbond substituents is 13. The largest absolute Gasteiger partial charge is 0.508 e. The number of phenols is 13. The molecule has 0 bridgehead atoms. The summed E-state index contributed by atoms with van der Waals surface area (Å²) in [5.74, 6) is -13.7.